The van der Waals surface area contributed by atoms with Crippen LogP contribution in [0.5, 0.6) is 0 Å². The fourth-order valence-electron chi connectivity index (χ4n) is 4.08. The molecule has 6 nitrogen and oxygen atoms in total. The Morgan fingerprint density at radius 1 is 1.17 bits per heavy atom. The lowest BCUT2D eigenvalue weighted by Crippen LogP contribution is -2.46. The highest BCUT2D eigenvalue weighted by atomic mass is 32.1. The van der Waals surface area contributed by atoms with E-state index in [1.165, 1.54) is 11.5 Å². The lowest BCUT2D eigenvalue weighted by atomic mass is 9.89. The Kier molecular flexibility index (Phi) is 5.47. The monoisotopic (exact) mass is 422 g/mol. The smallest absolute Gasteiger partial charge is 0.313 e. The molecule has 1 aromatic heterocycles. The molecule has 0 bridgehead atoms. The number of carbonyl (C=O) groups is 2. The third-order valence-electron chi connectivity index (χ3n) is 5.86. The maximum absolute atomic E-state index is 13.1. The number of piperidine rings is 1. The van der Waals surface area contributed by atoms with Crippen LogP contribution in [0.4, 0.5) is 11.4 Å². The molecule has 2 atom stereocenters. The first-order valence-corrected chi connectivity index (χ1v) is 10.9. The standard InChI is InChI=1S/C23H26N4O2S/c1-13-4-8-20(16-5-9-21-18(11-16)15(3)26-30-21)27(12-13)23(29)22(28)25-17-6-7-19(24)14(2)10-17/h5-7,9-11,13,20H,4,8,12,24H2,1-3H3,(H,25,28). The van der Waals surface area contributed by atoms with Crippen molar-refractivity contribution in [2.24, 2.45) is 5.92 Å². The molecule has 2 aromatic carbocycles. The van der Waals surface area contributed by atoms with E-state index in [-0.39, 0.29) is 6.04 Å². The normalized spacial score (nSPS) is 19.1. The summed E-state index contributed by atoms with van der Waals surface area (Å²) in [5, 5.41) is 3.85. The van der Waals surface area contributed by atoms with E-state index in [1.807, 2.05) is 13.8 Å². The zero-order valence-electron chi connectivity index (χ0n) is 17.4. The van der Waals surface area contributed by atoms with Crippen molar-refractivity contribution < 1.29 is 9.59 Å². The number of amides is 2. The number of nitrogens with two attached hydrogens (primary N) is 1. The van der Waals surface area contributed by atoms with Gasteiger partial charge in [0.1, 0.15) is 0 Å². The number of anilines is 2. The predicted molar refractivity (Wildman–Crippen MR) is 121 cm³/mol. The van der Waals surface area contributed by atoms with E-state index in [0.29, 0.717) is 23.8 Å². The predicted octanol–water partition coefficient (Wildman–Crippen LogP) is 4.43. The summed E-state index contributed by atoms with van der Waals surface area (Å²) in [6.07, 6.45) is 1.86. The van der Waals surface area contributed by atoms with E-state index >= 15 is 0 Å². The first-order chi connectivity index (χ1) is 14.3. The van der Waals surface area contributed by atoms with Crippen molar-refractivity contribution in [2.75, 3.05) is 17.6 Å². The van der Waals surface area contributed by atoms with Crippen LogP contribution in [0.2, 0.25) is 0 Å². The Balaban J connectivity index is 1.59. The third-order valence-corrected chi connectivity index (χ3v) is 6.78. The molecule has 1 fully saturated rings. The first-order valence-electron chi connectivity index (χ1n) is 10.2. The number of nitrogen functional groups attached to an aromatic ring is 1. The van der Waals surface area contributed by atoms with Crippen molar-refractivity contribution in [1.29, 1.82) is 0 Å². The number of hydrogen-bond acceptors (Lipinski definition) is 5. The molecule has 1 aliphatic heterocycles. The van der Waals surface area contributed by atoms with Gasteiger partial charge < -0.3 is 16.0 Å². The minimum absolute atomic E-state index is 0.115. The number of likely N-dealkylation sites (tertiary alicyclic amines) is 1. The minimum Gasteiger partial charge on any atom is -0.399 e. The zero-order chi connectivity index (χ0) is 21.4. The van der Waals surface area contributed by atoms with Crippen LogP contribution in [0, 0.1) is 19.8 Å². The van der Waals surface area contributed by atoms with E-state index in [1.54, 1.807) is 23.1 Å². The largest absolute Gasteiger partial charge is 0.399 e. The van der Waals surface area contributed by atoms with E-state index in [2.05, 4.69) is 34.8 Å². The average Bonchev–Trinajstić information content (AvgIpc) is 3.10. The summed E-state index contributed by atoms with van der Waals surface area (Å²) in [5.41, 5.74) is 9.98. The molecule has 0 spiro atoms. The molecule has 0 aliphatic carbocycles. The molecule has 3 N–H and O–H groups in total. The summed E-state index contributed by atoms with van der Waals surface area (Å²) in [4.78, 5) is 27.6. The van der Waals surface area contributed by atoms with Crippen LogP contribution in [-0.2, 0) is 9.59 Å². The van der Waals surface area contributed by atoms with Crippen molar-refractivity contribution in [3.05, 3.63) is 53.2 Å². The second-order valence-electron chi connectivity index (χ2n) is 8.20. The van der Waals surface area contributed by atoms with Gasteiger partial charge in [-0.25, -0.2) is 0 Å². The highest BCUT2D eigenvalue weighted by molar-refractivity contribution is 7.13. The van der Waals surface area contributed by atoms with Crippen molar-refractivity contribution >= 4 is 44.8 Å². The van der Waals surface area contributed by atoms with Gasteiger partial charge in [-0.3, -0.25) is 9.59 Å². The van der Waals surface area contributed by atoms with Gasteiger partial charge in [-0.15, -0.1) is 0 Å². The summed E-state index contributed by atoms with van der Waals surface area (Å²) in [6, 6.07) is 11.3. The molecule has 156 valence electrons. The number of carbonyl (C=O) groups excluding carboxylic acids is 2. The maximum atomic E-state index is 13.1. The molecule has 2 heterocycles. The second kappa shape index (κ2) is 8.07. The van der Waals surface area contributed by atoms with Crippen LogP contribution in [0.1, 0.15) is 42.6 Å². The Hall–Kier alpha value is -2.93. The minimum atomic E-state index is -0.618. The third kappa shape index (κ3) is 3.89. The fourth-order valence-corrected chi connectivity index (χ4v) is 4.84. The average molecular weight is 423 g/mol. The molecule has 0 saturated carbocycles. The van der Waals surface area contributed by atoms with Gasteiger partial charge in [0.15, 0.2) is 0 Å². The van der Waals surface area contributed by atoms with Gasteiger partial charge in [0.05, 0.1) is 16.4 Å². The maximum Gasteiger partial charge on any atom is 0.313 e. The van der Waals surface area contributed by atoms with Crippen LogP contribution in [0.15, 0.2) is 36.4 Å². The molecule has 30 heavy (non-hydrogen) atoms. The van der Waals surface area contributed by atoms with Crippen LogP contribution in [-0.4, -0.2) is 27.6 Å². The Bertz CT molecular complexity index is 1120. The molecule has 2 amide bonds. The van der Waals surface area contributed by atoms with Crippen molar-refractivity contribution in [3.63, 3.8) is 0 Å². The van der Waals surface area contributed by atoms with Gasteiger partial charge in [-0.2, -0.15) is 4.37 Å². The summed E-state index contributed by atoms with van der Waals surface area (Å²) >= 11 is 1.48. The zero-order valence-corrected chi connectivity index (χ0v) is 18.3. The molecule has 1 saturated heterocycles. The van der Waals surface area contributed by atoms with Gasteiger partial charge in [0.25, 0.3) is 0 Å². The molecular weight excluding hydrogens is 396 g/mol. The SMILES string of the molecule is Cc1cc(NC(=O)C(=O)N2CC(C)CCC2c2ccc3snc(C)c3c2)ccc1N. The molecular formula is C23H26N4O2S. The first kappa shape index (κ1) is 20.3. The van der Waals surface area contributed by atoms with Gasteiger partial charge >= 0.3 is 11.8 Å². The van der Waals surface area contributed by atoms with Crippen molar-refractivity contribution in [2.45, 2.75) is 39.7 Å². The fraction of sp³-hybridized carbons (Fsp3) is 0.348. The van der Waals surface area contributed by atoms with Crippen LogP contribution >= 0.6 is 11.5 Å². The Morgan fingerprint density at radius 2 is 1.97 bits per heavy atom. The summed E-state index contributed by atoms with van der Waals surface area (Å²) in [5.74, 6) is -0.765. The number of aromatic nitrogens is 1. The number of nitrogens with one attached hydrogen (secondary N) is 1. The number of hydrogen-bond donors (Lipinski definition) is 2. The van der Waals surface area contributed by atoms with Gasteiger partial charge in [-0.1, -0.05) is 13.0 Å². The summed E-state index contributed by atoms with van der Waals surface area (Å²) in [7, 11) is 0. The van der Waals surface area contributed by atoms with Crippen LogP contribution in [0.25, 0.3) is 10.1 Å². The van der Waals surface area contributed by atoms with E-state index < -0.39 is 11.8 Å². The van der Waals surface area contributed by atoms with Crippen molar-refractivity contribution in [3.8, 4) is 0 Å². The lowest BCUT2D eigenvalue weighted by molar-refractivity contribution is -0.146. The molecule has 1 aliphatic rings. The number of rotatable bonds is 2. The topological polar surface area (TPSA) is 88.3 Å². The number of fused-ring (bicyclic) bond motifs is 1. The molecule has 2 unspecified atom stereocenters. The molecule has 3 aromatic rings. The highest BCUT2D eigenvalue weighted by Crippen LogP contribution is 2.36. The van der Waals surface area contributed by atoms with Crippen molar-refractivity contribution in [1.82, 2.24) is 9.27 Å². The van der Waals surface area contributed by atoms with Gasteiger partial charge in [0.2, 0.25) is 0 Å². The molecule has 7 heteroatoms. The number of aryl methyl sites for hydroxylation is 2. The highest BCUT2D eigenvalue weighted by Gasteiger charge is 2.34. The molecule has 4 rings (SSSR count). The second-order valence-corrected chi connectivity index (χ2v) is 9.01. The van der Waals surface area contributed by atoms with E-state index in [9.17, 15) is 9.59 Å². The van der Waals surface area contributed by atoms with E-state index in [0.717, 1.165) is 39.7 Å². The van der Waals surface area contributed by atoms with Crippen LogP contribution in [0.3, 0.4) is 0 Å². The van der Waals surface area contributed by atoms with E-state index in [4.69, 9.17) is 5.73 Å². The van der Waals surface area contributed by atoms with Gasteiger partial charge in [-0.05, 0) is 85.6 Å². The Morgan fingerprint density at radius 3 is 2.73 bits per heavy atom. The summed E-state index contributed by atoms with van der Waals surface area (Å²) < 4.78 is 5.56. The van der Waals surface area contributed by atoms with Crippen LogP contribution < -0.4 is 11.1 Å². The summed E-state index contributed by atoms with van der Waals surface area (Å²) in [6.45, 7) is 6.55. The van der Waals surface area contributed by atoms with Gasteiger partial charge in [0, 0.05) is 23.3 Å². The number of benzene rings is 2. The number of nitrogens with zero attached hydrogens (tertiary/aromatic N) is 2. The quantitative estimate of drug-likeness (QED) is 0.472. The lowest BCUT2D eigenvalue weighted by Gasteiger charge is -2.38. The Labute approximate surface area is 180 Å². The molecule has 0 radical (unpaired) electrons.